The van der Waals surface area contributed by atoms with E-state index in [1.54, 1.807) is 0 Å². The molecule has 2 unspecified atom stereocenters. The molecular weight excluding hydrogens is 164 g/mol. The summed E-state index contributed by atoms with van der Waals surface area (Å²) < 4.78 is 0. The van der Waals surface area contributed by atoms with Gasteiger partial charge in [-0.2, -0.15) is 0 Å². The summed E-state index contributed by atoms with van der Waals surface area (Å²) in [7, 11) is 0. The van der Waals surface area contributed by atoms with Crippen LogP contribution in [0.5, 0.6) is 0 Å². The average Bonchev–Trinajstić information content (AvgIpc) is 1.99. The van der Waals surface area contributed by atoms with E-state index in [1.165, 1.54) is 19.3 Å². The van der Waals surface area contributed by atoms with Gasteiger partial charge in [-0.3, -0.25) is 4.79 Å². The standard InChI is InChI=1S/C10H20N2O/c1-7(6-11)10(13)12-8(2)9-4-3-5-9/h7-9H,3-6,11H2,1-2H3,(H,12,13). The molecule has 0 aromatic heterocycles. The van der Waals surface area contributed by atoms with Gasteiger partial charge in [0.2, 0.25) is 5.91 Å². The zero-order valence-electron chi connectivity index (χ0n) is 8.55. The van der Waals surface area contributed by atoms with E-state index >= 15 is 0 Å². The lowest BCUT2D eigenvalue weighted by Gasteiger charge is -2.32. The molecule has 0 heterocycles. The molecule has 1 aliphatic carbocycles. The van der Waals surface area contributed by atoms with Gasteiger partial charge in [-0.25, -0.2) is 0 Å². The Morgan fingerprint density at radius 1 is 1.54 bits per heavy atom. The highest BCUT2D eigenvalue weighted by molar-refractivity contribution is 5.78. The maximum absolute atomic E-state index is 11.4. The molecule has 0 aliphatic heterocycles. The van der Waals surface area contributed by atoms with Crippen LogP contribution in [0.4, 0.5) is 0 Å². The molecule has 0 saturated heterocycles. The summed E-state index contributed by atoms with van der Waals surface area (Å²) in [5.41, 5.74) is 5.41. The van der Waals surface area contributed by atoms with Crippen LogP contribution >= 0.6 is 0 Å². The molecule has 0 aromatic rings. The van der Waals surface area contributed by atoms with Crippen LogP contribution in [0.1, 0.15) is 33.1 Å². The van der Waals surface area contributed by atoms with Gasteiger partial charge in [0.1, 0.15) is 0 Å². The van der Waals surface area contributed by atoms with Crippen molar-refractivity contribution in [3.63, 3.8) is 0 Å². The Kier molecular flexibility index (Phi) is 3.72. The van der Waals surface area contributed by atoms with Gasteiger partial charge in [0.25, 0.3) is 0 Å². The van der Waals surface area contributed by atoms with E-state index in [1.807, 2.05) is 6.92 Å². The molecule has 13 heavy (non-hydrogen) atoms. The molecule has 1 aliphatic rings. The van der Waals surface area contributed by atoms with E-state index in [0.717, 1.165) is 0 Å². The predicted octanol–water partition coefficient (Wildman–Crippen LogP) is 0.886. The highest BCUT2D eigenvalue weighted by atomic mass is 16.1. The fraction of sp³-hybridized carbons (Fsp3) is 0.900. The fourth-order valence-corrected chi connectivity index (χ4v) is 1.53. The fourth-order valence-electron chi connectivity index (χ4n) is 1.53. The number of nitrogens with two attached hydrogens (primary N) is 1. The van der Waals surface area contributed by atoms with Crippen LogP contribution in [0.2, 0.25) is 0 Å². The number of hydrogen-bond acceptors (Lipinski definition) is 2. The highest BCUT2D eigenvalue weighted by Gasteiger charge is 2.25. The Morgan fingerprint density at radius 2 is 2.15 bits per heavy atom. The second-order valence-corrected chi connectivity index (χ2v) is 4.12. The van der Waals surface area contributed by atoms with Gasteiger partial charge in [-0.05, 0) is 25.7 Å². The number of carbonyl (C=O) groups excluding carboxylic acids is 1. The summed E-state index contributed by atoms with van der Waals surface area (Å²) in [5.74, 6) is 0.748. The first-order chi connectivity index (χ1) is 6.15. The van der Waals surface area contributed by atoms with Gasteiger partial charge in [0.05, 0.1) is 0 Å². The van der Waals surface area contributed by atoms with E-state index in [9.17, 15) is 4.79 Å². The van der Waals surface area contributed by atoms with Gasteiger partial charge < -0.3 is 11.1 Å². The number of carbonyl (C=O) groups is 1. The Balaban J connectivity index is 2.26. The summed E-state index contributed by atoms with van der Waals surface area (Å²) >= 11 is 0. The molecule has 1 fully saturated rings. The van der Waals surface area contributed by atoms with Gasteiger partial charge in [0.15, 0.2) is 0 Å². The molecule has 1 saturated carbocycles. The van der Waals surface area contributed by atoms with Crippen molar-refractivity contribution in [3.8, 4) is 0 Å². The zero-order chi connectivity index (χ0) is 9.84. The van der Waals surface area contributed by atoms with Gasteiger partial charge in [-0.1, -0.05) is 13.3 Å². The van der Waals surface area contributed by atoms with Crippen molar-refractivity contribution in [2.45, 2.75) is 39.2 Å². The zero-order valence-corrected chi connectivity index (χ0v) is 8.55. The van der Waals surface area contributed by atoms with Crippen LogP contribution in [-0.4, -0.2) is 18.5 Å². The lowest BCUT2D eigenvalue weighted by molar-refractivity contribution is -0.125. The van der Waals surface area contributed by atoms with Crippen molar-refractivity contribution in [1.29, 1.82) is 0 Å². The normalized spacial score (nSPS) is 21.8. The Labute approximate surface area is 80.1 Å². The third-order valence-corrected chi connectivity index (χ3v) is 3.03. The summed E-state index contributed by atoms with van der Waals surface area (Å²) in [5, 5.41) is 3.01. The van der Waals surface area contributed by atoms with Crippen molar-refractivity contribution in [2.24, 2.45) is 17.6 Å². The third kappa shape index (κ3) is 2.69. The van der Waals surface area contributed by atoms with E-state index < -0.39 is 0 Å². The van der Waals surface area contributed by atoms with Crippen LogP contribution in [0.3, 0.4) is 0 Å². The van der Waals surface area contributed by atoms with Crippen molar-refractivity contribution in [3.05, 3.63) is 0 Å². The minimum atomic E-state index is -0.0532. The highest BCUT2D eigenvalue weighted by Crippen LogP contribution is 2.29. The Bertz CT molecular complexity index is 178. The quantitative estimate of drug-likeness (QED) is 0.681. The lowest BCUT2D eigenvalue weighted by atomic mass is 9.80. The smallest absolute Gasteiger partial charge is 0.224 e. The Morgan fingerprint density at radius 3 is 2.54 bits per heavy atom. The molecule has 0 aromatic carbocycles. The van der Waals surface area contributed by atoms with E-state index in [-0.39, 0.29) is 11.8 Å². The summed E-state index contributed by atoms with van der Waals surface area (Å²) in [4.78, 5) is 11.4. The molecular formula is C10H20N2O. The van der Waals surface area contributed by atoms with Gasteiger partial charge in [-0.15, -0.1) is 0 Å². The van der Waals surface area contributed by atoms with Crippen LogP contribution < -0.4 is 11.1 Å². The van der Waals surface area contributed by atoms with Crippen molar-refractivity contribution in [2.75, 3.05) is 6.54 Å². The molecule has 1 rings (SSSR count). The SMILES string of the molecule is CC(CN)C(=O)NC(C)C1CCC1. The van der Waals surface area contributed by atoms with Gasteiger partial charge in [0, 0.05) is 18.5 Å². The van der Waals surface area contributed by atoms with Crippen molar-refractivity contribution < 1.29 is 4.79 Å². The van der Waals surface area contributed by atoms with E-state index in [2.05, 4.69) is 12.2 Å². The van der Waals surface area contributed by atoms with Crippen LogP contribution in [0.15, 0.2) is 0 Å². The van der Waals surface area contributed by atoms with Crippen LogP contribution in [0, 0.1) is 11.8 Å². The van der Waals surface area contributed by atoms with Crippen molar-refractivity contribution in [1.82, 2.24) is 5.32 Å². The number of rotatable bonds is 4. The maximum atomic E-state index is 11.4. The lowest BCUT2D eigenvalue weighted by Crippen LogP contribution is -2.44. The van der Waals surface area contributed by atoms with Gasteiger partial charge >= 0.3 is 0 Å². The first kappa shape index (κ1) is 10.5. The summed E-state index contributed by atoms with van der Waals surface area (Å²) in [6.07, 6.45) is 3.84. The minimum absolute atomic E-state index is 0.0532. The third-order valence-electron chi connectivity index (χ3n) is 3.03. The molecule has 3 nitrogen and oxygen atoms in total. The number of nitrogens with one attached hydrogen (secondary N) is 1. The average molecular weight is 184 g/mol. The second-order valence-electron chi connectivity index (χ2n) is 4.12. The Hall–Kier alpha value is -0.570. The molecule has 1 amide bonds. The molecule has 0 radical (unpaired) electrons. The van der Waals surface area contributed by atoms with E-state index in [0.29, 0.717) is 18.5 Å². The molecule has 0 spiro atoms. The predicted molar refractivity (Wildman–Crippen MR) is 53.2 cm³/mol. The first-order valence-corrected chi connectivity index (χ1v) is 5.15. The monoisotopic (exact) mass is 184 g/mol. The maximum Gasteiger partial charge on any atom is 0.224 e. The second kappa shape index (κ2) is 4.61. The summed E-state index contributed by atoms with van der Waals surface area (Å²) in [6, 6.07) is 0.329. The topological polar surface area (TPSA) is 55.1 Å². The largest absolute Gasteiger partial charge is 0.353 e. The minimum Gasteiger partial charge on any atom is -0.353 e. The van der Waals surface area contributed by atoms with E-state index in [4.69, 9.17) is 5.73 Å². The summed E-state index contributed by atoms with van der Waals surface area (Å²) in [6.45, 7) is 4.39. The number of amides is 1. The van der Waals surface area contributed by atoms with Crippen LogP contribution in [-0.2, 0) is 4.79 Å². The molecule has 0 bridgehead atoms. The van der Waals surface area contributed by atoms with Crippen molar-refractivity contribution >= 4 is 5.91 Å². The number of hydrogen-bond donors (Lipinski definition) is 2. The first-order valence-electron chi connectivity index (χ1n) is 5.15. The van der Waals surface area contributed by atoms with Crippen LogP contribution in [0.25, 0.3) is 0 Å². The molecule has 2 atom stereocenters. The molecule has 76 valence electrons. The molecule has 3 heteroatoms. The molecule has 3 N–H and O–H groups in total.